The van der Waals surface area contributed by atoms with Gasteiger partial charge in [-0.05, 0) is 43.9 Å². The fourth-order valence-corrected chi connectivity index (χ4v) is 4.55. The van der Waals surface area contributed by atoms with Gasteiger partial charge in [0.25, 0.3) is 5.69 Å². The number of rotatable bonds is 3. The maximum Gasteiger partial charge on any atom is 0.293 e. The summed E-state index contributed by atoms with van der Waals surface area (Å²) in [6, 6.07) is 9.46. The molecule has 2 saturated heterocycles. The first-order chi connectivity index (χ1) is 12.1. The average molecular weight is 337 g/mol. The van der Waals surface area contributed by atoms with E-state index in [0.29, 0.717) is 29.3 Å². The van der Waals surface area contributed by atoms with Gasteiger partial charge in [0, 0.05) is 43.0 Å². The second-order valence-electron chi connectivity index (χ2n) is 6.91. The zero-order valence-corrected chi connectivity index (χ0v) is 14.0. The number of nitro groups is 1. The van der Waals surface area contributed by atoms with E-state index in [1.807, 2.05) is 24.0 Å². The molecule has 1 unspecified atom stereocenters. The maximum atomic E-state index is 11.5. The highest BCUT2D eigenvalue weighted by Gasteiger charge is 2.43. The topological polar surface area (TPSA) is 88.0 Å². The van der Waals surface area contributed by atoms with Crippen LogP contribution in [0.5, 0.6) is 0 Å². The van der Waals surface area contributed by atoms with Gasteiger partial charge in [-0.3, -0.25) is 14.8 Å². The molecule has 2 fully saturated rings. The lowest BCUT2D eigenvalue weighted by Crippen LogP contribution is -2.43. The first-order valence-corrected chi connectivity index (χ1v) is 8.53. The van der Waals surface area contributed by atoms with Crippen molar-refractivity contribution >= 4 is 11.4 Å². The summed E-state index contributed by atoms with van der Waals surface area (Å²) in [5.74, 6) is 0.443. The third kappa shape index (κ3) is 2.54. The minimum atomic E-state index is -0.372. The summed E-state index contributed by atoms with van der Waals surface area (Å²) in [7, 11) is 1.97. The molecule has 0 N–H and O–H groups in total. The number of benzene rings is 1. The molecule has 2 aliphatic rings. The molecule has 0 aliphatic carbocycles. The molecule has 0 radical (unpaired) electrons. The normalized spacial score (nSPS) is 25.0. The van der Waals surface area contributed by atoms with Gasteiger partial charge in [0.1, 0.15) is 5.69 Å². The van der Waals surface area contributed by atoms with E-state index in [9.17, 15) is 10.1 Å². The molecule has 7 nitrogen and oxygen atoms in total. The largest absolute Gasteiger partial charge is 0.360 e. The van der Waals surface area contributed by atoms with E-state index in [0.717, 1.165) is 25.7 Å². The molecule has 1 aromatic carbocycles. The Balaban J connectivity index is 1.67. The van der Waals surface area contributed by atoms with Crippen LogP contribution in [-0.2, 0) is 7.05 Å². The first-order valence-electron chi connectivity index (χ1n) is 8.53. The van der Waals surface area contributed by atoms with Gasteiger partial charge in [-0.1, -0.05) is 0 Å². The Morgan fingerprint density at radius 2 is 2.00 bits per heavy atom. The lowest BCUT2D eigenvalue weighted by molar-refractivity contribution is -0.384. The van der Waals surface area contributed by atoms with Crippen LogP contribution >= 0.6 is 0 Å². The van der Waals surface area contributed by atoms with Crippen molar-refractivity contribution in [1.82, 2.24) is 9.78 Å². The summed E-state index contributed by atoms with van der Waals surface area (Å²) in [5.41, 5.74) is 2.26. The van der Waals surface area contributed by atoms with Crippen LogP contribution in [0.1, 0.15) is 42.9 Å². The molecule has 2 bridgehead atoms. The van der Waals surface area contributed by atoms with E-state index in [1.54, 1.807) is 12.1 Å². The van der Waals surface area contributed by atoms with Gasteiger partial charge >= 0.3 is 0 Å². The number of nitriles is 1. The summed E-state index contributed by atoms with van der Waals surface area (Å²) < 4.78 is 1.93. The number of hydrogen-bond donors (Lipinski definition) is 0. The molecule has 3 atom stereocenters. The van der Waals surface area contributed by atoms with Gasteiger partial charge in [-0.15, -0.1) is 0 Å². The zero-order chi connectivity index (χ0) is 17.6. The van der Waals surface area contributed by atoms with Crippen LogP contribution in [0.25, 0.3) is 0 Å². The van der Waals surface area contributed by atoms with Crippen LogP contribution in [0.3, 0.4) is 0 Å². The molecule has 2 aromatic rings. The smallest absolute Gasteiger partial charge is 0.293 e. The van der Waals surface area contributed by atoms with Gasteiger partial charge in [-0.25, -0.2) is 0 Å². The Labute approximate surface area is 145 Å². The highest BCUT2D eigenvalue weighted by atomic mass is 16.6. The Bertz CT molecular complexity index is 855. The minimum Gasteiger partial charge on any atom is -0.360 e. The van der Waals surface area contributed by atoms with Crippen molar-refractivity contribution in [2.75, 3.05) is 4.90 Å². The third-order valence-electron chi connectivity index (χ3n) is 5.59. The quantitative estimate of drug-likeness (QED) is 0.634. The standard InChI is InChI=1S/C18H19N5O2/c1-21-16(6-7-20-21)13-9-14-3-4-15(10-13)22(14)17-5-2-12(11-19)8-18(17)23(24)25/h2,5-8,13-15H,3-4,9-10H2,1H3/t13?,14-,15+. The second-order valence-corrected chi connectivity index (χ2v) is 6.91. The average Bonchev–Trinajstić information content (AvgIpc) is 3.14. The molecule has 25 heavy (non-hydrogen) atoms. The SMILES string of the molecule is Cn1nccc1C1C[C@H]2CC[C@@H](C1)N2c1ccc(C#N)cc1[N+](=O)[O-]. The van der Waals surface area contributed by atoms with Crippen LogP contribution in [-0.4, -0.2) is 26.8 Å². The Kier molecular flexibility index (Phi) is 3.68. The van der Waals surface area contributed by atoms with Gasteiger partial charge < -0.3 is 4.90 Å². The summed E-state index contributed by atoms with van der Waals surface area (Å²) in [6.07, 6.45) is 5.89. The van der Waals surface area contributed by atoms with Crippen LogP contribution in [0.4, 0.5) is 11.4 Å². The summed E-state index contributed by atoms with van der Waals surface area (Å²) in [4.78, 5) is 13.4. The van der Waals surface area contributed by atoms with Crippen molar-refractivity contribution in [2.24, 2.45) is 7.05 Å². The highest BCUT2D eigenvalue weighted by Crippen LogP contribution is 2.47. The van der Waals surface area contributed by atoms with E-state index < -0.39 is 0 Å². The fraction of sp³-hybridized carbons (Fsp3) is 0.444. The van der Waals surface area contributed by atoms with Crippen molar-refractivity contribution < 1.29 is 4.92 Å². The first kappa shape index (κ1) is 15.6. The van der Waals surface area contributed by atoms with E-state index in [-0.39, 0.29) is 10.6 Å². The molecule has 3 heterocycles. The van der Waals surface area contributed by atoms with Crippen molar-refractivity contribution in [3.05, 3.63) is 51.8 Å². The second kappa shape index (κ2) is 5.88. The minimum absolute atomic E-state index is 0.0370. The Morgan fingerprint density at radius 1 is 1.28 bits per heavy atom. The number of nitro benzene ring substituents is 1. The molecule has 0 spiro atoms. The van der Waals surface area contributed by atoms with E-state index >= 15 is 0 Å². The predicted octanol–water partition coefficient (Wildman–Crippen LogP) is 3.11. The van der Waals surface area contributed by atoms with Gasteiger partial charge in [-0.2, -0.15) is 10.4 Å². The molecule has 1 aromatic heterocycles. The molecule has 2 aliphatic heterocycles. The molecule has 7 heteroatoms. The highest BCUT2D eigenvalue weighted by molar-refractivity contribution is 5.67. The van der Waals surface area contributed by atoms with E-state index in [4.69, 9.17) is 5.26 Å². The number of anilines is 1. The summed E-state index contributed by atoms with van der Waals surface area (Å²) in [5, 5.41) is 24.8. The number of nitrogens with zero attached hydrogens (tertiary/aromatic N) is 5. The van der Waals surface area contributed by atoms with Crippen molar-refractivity contribution in [3.63, 3.8) is 0 Å². The monoisotopic (exact) mass is 337 g/mol. The molecule has 0 amide bonds. The van der Waals surface area contributed by atoms with Gasteiger partial charge in [0.2, 0.25) is 0 Å². The molecule has 4 rings (SSSR count). The van der Waals surface area contributed by atoms with Crippen LogP contribution in [0, 0.1) is 21.4 Å². The number of piperidine rings is 1. The summed E-state index contributed by atoms with van der Waals surface area (Å²) >= 11 is 0. The lowest BCUT2D eigenvalue weighted by Gasteiger charge is -2.40. The Morgan fingerprint density at radius 3 is 2.56 bits per heavy atom. The molecule has 0 saturated carbocycles. The summed E-state index contributed by atoms with van der Waals surface area (Å²) in [6.45, 7) is 0. The number of hydrogen-bond acceptors (Lipinski definition) is 5. The van der Waals surface area contributed by atoms with Crippen LogP contribution in [0.15, 0.2) is 30.5 Å². The van der Waals surface area contributed by atoms with Crippen molar-refractivity contribution in [2.45, 2.75) is 43.7 Å². The maximum absolute atomic E-state index is 11.5. The molecule has 128 valence electrons. The van der Waals surface area contributed by atoms with E-state index in [2.05, 4.69) is 16.1 Å². The fourth-order valence-electron chi connectivity index (χ4n) is 4.55. The lowest BCUT2D eigenvalue weighted by atomic mass is 9.87. The number of fused-ring (bicyclic) bond motifs is 2. The van der Waals surface area contributed by atoms with Crippen LogP contribution in [0.2, 0.25) is 0 Å². The molecular formula is C18H19N5O2. The van der Waals surface area contributed by atoms with Crippen molar-refractivity contribution in [1.29, 1.82) is 5.26 Å². The zero-order valence-electron chi connectivity index (χ0n) is 14.0. The van der Waals surface area contributed by atoms with Gasteiger partial charge in [0.05, 0.1) is 16.6 Å². The Hall–Kier alpha value is -2.88. The van der Waals surface area contributed by atoms with Gasteiger partial charge in [0.15, 0.2) is 0 Å². The third-order valence-corrected chi connectivity index (χ3v) is 5.59. The molecular weight excluding hydrogens is 318 g/mol. The number of aryl methyl sites for hydroxylation is 1. The van der Waals surface area contributed by atoms with Crippen molar-refractivity contribution in [3.8, 4) is 6.07 Å². The van der Waals surface area contributed by atoms with Crippen LogP contribution < -0.4 is 4.90 Å². The predicted molar refractivity (Wildman–Crippen MR) is 92.3 cm³/mol. The van der Waals surface area contributed by atoms with E-state index in [1.165, 1.54) is 11.8 Å². The number of aromatic nitrogens is 2.